The number of hydrogen-bond donors (Lipinski definition) is 1. The minimum Gasteiger partial charge on any atom is -0.352 e. The lowest BCUT2D eigenvalue weighted by Gasteiger charge is -2.08. The van der Waals surface area contributed by atoms with Gasteiger partial charge in [0.1, 0.15) is 0 Å². The normalized spacial score (nSPS) is 10.3. The first kappa shape index (κ1) is 14.3. The smallest absolute Gasteiger partial charge is 0.220 e. The zero-order chi connectivity index (χ0) is 14.4. The van der Waals surface area contributed by atoms with Crippen LogP contribution >= 0.6 is 0 Å². The van der Waals surface area contributed by atoms with Gasteiger partial charge in [-0.3, -0.25) is 4.79 Å². The standard InChI is InChI=1S/C18H21NO/c1-14-8-9-17(15(2)12-14)10-11-18(20)19-13-16-6-4-3-5-7-16/h3-9,12H,10-11,13H2,1-2H3,(H,19,20). The summed E-state index contributed by atoms with van der Waals surface area (Å²) in [6.45, 7) is 4.79. The maximum Gasteiger partial charge on any atom is 0.220 e. The molecule has 2 nitrogen and oxygen atoms in total. The molecule has 0 atom stereocenters. The van der Waals surface area contributed by atoms with Crippen LogP contribution in [0, 0.1) is 13.8 Å². The fourth-order valence-corrected chi connectivity index (χ4v) is 2.26. The molecule has 0 aliphatic heterocycles. The van der Waals surface area contributed by atoms with Gasteiger partial charge >= 0.3 is 0 Å². The Labute approximate surface area is 120 Å². The number of aryl methyl sites for hydroxylation is 3. The number of nitrogens with one attached hydrogen (secondary N) is 1. The molecular weight excluding hydrogens is 246 g/mol. The van der Waals surface area contributed by atoms with E-state index in [0.29, 0.717) is 13.0 Å². The van der Waals surface area contributed by atoms with Crippen molar-refractivity contribution in [1.82, 2.24) is 5.32 Å². The van der Waals surface area contributed by atoms with Crippen LogP contribution in [0.25, 0.3) is 0 Å². The van der Waals surface area contributed by atoms with E-state index in [1.165, 1.54) is 16.7 Å². The van der Waals surface area contributed by atoms with Crippen LogP contribution in [0.2, 0.25) is 0 Å². The monoisotopic (exact) mass is 267 g/mol. The molecule has 104 valence electrons. The number of carbonyl (C=O) groups is 1. The largest absolute Gasteiger partial charge is 0.352 e. The molecule has 2 aromatic rings. The zero-order valence-corrected chi connectivity index (χ0v) is 12.1. The first-order valence-corrected chi connectivity index (χ1v) is 7.02. The van der Waals surface area contributed by atoms with Crippen molar-refractivity contribution in [3.05, 3.63) is 70.8 Å². The SMILES string of the molecule is Cc1ccc(CCC(=O)NCc2ccccc2)c(C)c1. The molecule has 0 radical (unpaired) electrons. The van der Waals surface area contributed by atoms with Crippen molar-refractivity contribution in [3.8, 4) is 0 Å². The Hall–Kier alpha value is -2.09. The second-order valence-corrected chi connectivity index (χ2v) is 5.19. The molecule has 2 heteroatoms. The van der Waals surface area contributed by atoms with E-state index < -0.39 is 0 Å². The Bertz CT molecular complexity index is 575. The lowest BCUT2D eigenvalue weighted by atomic mass is 10.0. The van der Waals surface area contributed by atoms with Gasteiger partial charge < -0.3 is 5.32 Å². The lowest BCUT2D eigenvalue weighted by Crippen LogP contribution is -2.23. The summed E-state index contributed by atoms with van der Waals surface area (Å²) in [5.41, 5.74) is 4.92. The van der Waals surface area contributed by atoms with E-state index in [4.69, 9.17) is 0 Å². The average Bonchev–Trinajstić information content (AvgIpc) is 2.45. The average molecular weight is 267 g/mol. The molecule has 1 amide bonds. The summed E-state index contributed by atoms with van der Waals surface area (Å²) < 4.78 is 0. The predicted octanol–water partition coefficient (Wildman–Crippen LogP) is 3.55. The van der Waals surface area contributed by atoms with Crippen LogP contribution < -0.4 is 5.32 Å². The van der Waals surface area contributed by atoms with Crippen molar-refractivity contribution in [2.24, 2.45) is 0 Å². The fourth-order valence-electron chi connectivity index (χ4n) is 2.26. The number of amides is 1. The summed E-state index contributed by atoms with van der Waals surface area (Å²) in [7, 11) is 0. The molecular formula is C18H21NO. The van der Waals surface area contributed by atoms with Gasteiger partial charge in [0.15, 0.2) is 0 Å². The van der Waals surface area contributed by atoms with E-state index in [1.54, 1.807) is 0 Å². The van der Waals surface area contributed by atoms with E-state index >= 15 is 0 Å². The molecule has 0 saturated carbocycles. The molecule has 0 heterocycles. The van der Waals surface area contributed by atoms with Gasteiger partial charge in [0.05, 0.1) is 0 Å². The minimum absolute atomic E-state index is 0.105. The summed E-state index contributed by atoms with van der Waals surface area (Å²) in [6, 6.07) is 16.4. The Kier molecular flexibility index (Phi) is 4.94. The Morgan fingerprint density at radius 1 is 1.05 bits per heavy atom. The summed E-state index contributed by atoms with van der Waals surface area (Å²) in [5.74, 6) is 0.105. The van der Waals surface area contributed by atoms with Crippen molar-refractivity contribution in [1.29, 1.82) is 0 Å². The van der Waals surface area contributed by atoms with Gasteiger partial charge in [-0.2, -0.15) is 0 Å². The molecule has 0 bridgehead atoms. The predicted molar refractivity (Wildman–Crippen MR) is 82.5 cm³/mol. The van der Waals surface area contributed by atoms with E-state index in [-0.39, 0.29) is 5.91 Å². The van der Waals surface area contributed by atoms with Crippen molar-refractivity contribution < 1.29 is 4.79 Å². The second kappa shape index (κ2) is 6.90. The van der Waals surface area contributed by atoms with E-state index in [9.17, 15) is 4.79 Å². The van der Waals surface area contributed by atoms with Crippen LogP contribution in [0.15, 0.2) is 48.5 Å². The highest BCUT2D eigenvalue weighted by Crippen LogP contribution is 2.12. The third-order valence-corrected chi connectivity index (χ3v) is 3.45. The van der Waals surface area contributed by atoms with Crippen LogP contribution in [-0.2, 0) is 17.8 Å². The van der Waals surface area contributed by atoms with Gasteiger partial charge in [-0.15, -0.1) is 0 Å². The highest BCUT2D eigenvalue weighted by Gasteiger charge is 2.04. The lowest BCUT2D eigenvalue weighted by molar-refractivity contribution is -0.121. The van der Waals surface area contributed by atoms with Crippen molar-refractivity contribution >= 4 is 5.91 Å². The Morgan fingerprint density at radius 3 is 2.50 bits per heavy atom. The van der Waals surface area contributed by atoms with E-state index in [0.717, 1.165) is 12.0 Å². The molecule has 2 rings (SSSR count). The third-order valence-electron chi connectivity index (χ3n) is 3.45. The molecule has 20 heavy (non-hydrogen) atoms. The molecule has 0 aromatic heterocycles. The number of hydrogen-bond acceptors (Lipinski definition) is 1. The van der Waals surface area contributed by atoms with Gasteiger partial charge in [0.2, 0.25) is 5.91 Å². The number of rotatable bonds is 5. The van der Waals surface area contributed by atoms with Gasteiger partial charge in [0, 0.05) is 13.0 Å². The molecule has 0 spiro atoms. The Morgan fingerprint density at radius 2 is 1.80 bits per heavy atom. The van der Waals surface area contributed by atoms with Gasteiger partial charge in [0.25, 0.3) is 0 Å². The Balaban J connectivity index is 1.80. The quantitative estimate of drug-likeness (QED) is 0.882. The van der Waals surface area contributed by atoms with Gasteiger partial charge in [-0.1, -0.05) is 54.1 Å². The zero-order valence-electron chi connectivity index (χ0n) is 12.1. The van der Waals surface area contributed by atoms with Crippen LogP contribution in [0.1, 0.15) is 28.7 Å². The van der Waals surface area contributed by atoms with E-state index in [1.807, 2.05) is 30.3 Å². The molecule has 0 aliphatic carbocycles. The van der Waals surface area contributed by atoms with Crippen LogP contribution in [-0.4, -0.2) is 5.91 Å². The van der Waals surface area contributed by atoms with Crippen LogP contribution in [0.5, 0.6) is 0 Å². The molecule has 0 saturated heterocycles. The molecule has 0 aliphatic rings. The summed E-state index contributed by atoms with van der Waals surface area (Å²) in [5, 5.41) is 2.96. The molecule has 1 N–H and O–H groups in total. The fraction of sp³-hybridized carbons (Fsp3) is 0.278. The first-order valence-electron chi connectivity index (χ1n) is 7.02. The highest BCUT2D eigenvalue weighted by molar-refractivity contribution is 5.76. The highest BCUT2D eigenvalue weighted by atomic mass is 16.1. The molecule has 2 aromatic carbocycles. The first-order chi connectivity index (χ1) is 9.65. The third kappa shape index (κ3) is 4.23. The van der Waals surface area contributed by atoms with Gasteiger partial charge in [-0.25, -0.2) is 0 Å². The summed E-state index contributed by atoms with van der Waals surface area (Å²) in [4.78, 5) is 11.9. The summed E-state index contributed by atoms with van der Waals surface area (Å²) in [6.07, 6.45) is 1.34. The maximum absolute atomic E-state index is 11.9. The number of carbonyl (C=O) groups excluding carboxylic acids is 1. The van der Waals surface area contributed by atoms with Crippen molar-refractivity contribution in [3.63, 3.8) is 0 Å². The van der Waals surface area contributed by atoms with Crippen LogP contribution in [0.4, 0.5) is 0 Å². The van der Waals surface area contributed by atoms with E-state index in [2.05, 4.69) is 37.4 Å². The van der Waals surface area contributed by atoms with Crippen LogP contribution in [0.3, 0.4) is 0 Å². The molecule has 0 fully saturated rings. The molecule has 0 unspecified atom stereocenters. The topological polar surface area (TPSA) is 29.1 Å². The number of benzene rings is 2. The summed E-state index contributed by atoms with van der Waals surface area (Å²) >= 11 is 0. The maximum atomic E-state index is 11.9. The minimum atomic E-state index is 0.105. The van der Waals surface area contributed by atoms with Crippen molar-refractivity contribution in [2.75, 3.05) is 0 Å². The van der Waals surface area contributed by atoms with Gasteiger partial charge in [-0.05, 0) is 37.0 Å². The second-order valence-electron chi connectivity index (χ2n) is 5.19. The van der Waals surface area contributed by atoms with Crippen molar-refractivity contribution in [2.45, 2.75) is 33.2 Å².